The number of anilines is 2. The van der Waals surface area contributed by atoms with Crippen LogP contribution in [-0.2, 0) is 10.0 Å². The van der Waals surface area contributed by atoms with E-state index < -0.39 is 10.0 Å². The fourth-order valence-corrected chi connectivity index (χ4v) is 2.18. The summed E-state index contributed by atoms with van der Waals surface area (Å²) in [5.74, 6) is 0.269. The van der Waals surface area contributed by atoms with E-state index in [2.05, 4.69) is 14.7 Å². The number of sulfonamides is 1. The minimum atomic E-state index is -3.64. The zero-order valence-corrected chi connectivity index (χ0v) is 9.55. The maximum atomic E-state index is 11.9. The number of hydrogen-bond acceptors (Lipinski definition) is 5. The number of nitrogen functional groups attached to an aromatic ring is 1. The number of pyridine rings is 2. The van der Waals surface area contributed by atoms with Gasteiger partial charge >= 0.3 is 0 Å². The second kappa shape index (κ2) is 4.38. The Morgan fingerprint density at radius 1 is 1.18 bits per heavy atom. The van der Waals surface area contributed by atoms with Gasteiger partial charge in [-0.05, 0) is 24.3 Å². The molecule has 0 aliphatic rings. The molecule has 0 bridgehead atoms. The molecule has 3 N–H and O–H groups in total. The van der Waals surface area contributed by atoms with E-state index in [1.54, 1.807) is 18.3 Å². The van der Waals surface area contributed by atoms with Crippen LogP contribution >= 0.6 is 0 Å². The first kappa shape index (κ1) is 11.3. The second-order valence-electron chi connectivity index (χ2n) is 3.27. The zero-order valence-electron chi connectivity index (χ0n) is 8.74. The molecule has 0 fully saturated rings. The Hall–Kier alpha value is -2.15. The van der Waals surface area contributed by atoms with Gasteiger partial charge in [-0.2, -0.15) is 0 Å². The van der Waals surface area contributed by atoms with Gasteiger partial charge < -0.3 is 5.73 Å². The van der Waals surface area contributed by atoms with Crippen molar-refractivity contribution in [3.05, 3.63) is 42.9 Å². The summed E-state index contributed by atoms with van der Waals surface area (Å²) in [6, 6.07) is 6.06. The Balaban J connectivity index is 2.29. The van der Waals surface area contributed by atoms with Gasteiger partial charge in [0.05, 0.1) is 11.9 Å². The third kappa shape index (κ3) is 2.70. The van der Waals surface area contributed by atoms with E-state index in [1.165, 1.54) is 24.5 Å². The van der Waals surface area contributed by atoms with Crippen LogP contribution in [0.4, 0.5) is 11.5 Å². The number of nitrogens with two attached hydrogens (primary N) is 1. The molecule has 0 radical (unpaired) electrons. The predicted octanol–water partition coefficient (Wildman–Crippen LogP) is 0.860. The quantitative estimate of drug-likeness (QED) is 0.841. The SMILES string of the molecule is Nc1ccc(S(=O)(=O)Nc2cccnc2)cn1. The van der Waals surface area contributed by atoms with Gasteiger partial charge in [-0.1, -0.05) is 0 Å². The fourth-order valence-electron chi connectivity index (χ4n) is 1.19. The normalized spacial score (nSPS) is 11.1. The van der Waals surface area contributed by atoms with E-state index in [4.69, 9.17) is 5.73 Å². The van der Waals surface area contributed by atoms with Gasteiger partial charge in [0.2, 0.25) is 0 Å². The van der Waals surface area contributed by atoms with Gasteiger partial charge in [0.15, 0.2) is 0 Å². The molecule has 2 aromatic heterocycles. The Labute approximate surface area is 98.6 Å². The van der Waals surface area contributed by atoms with Crippen molar-refractivity contribution in [1.82, 2.24) is 9.97 Å². The van der Waals surface area contributed by atoms with Gasteiger partial charge in [0, 0.05) is 12.4 Å². The van der Waals surface area contributed by atoms with E-state index in [1.807, 2.05) is 0 Å². The lowest BCUT2D eigenvalue weighted by atomic mass is 10.4. The molecule has 0 spiro atoms. The summed E-state index contributed by atoms with van der Waals surface area (Å²) in [4.78, 5) is 7.60. The lowest BCUT2D eigenvalue weighted by Crippen LogP contribution is -2.13. The highest BCUT2D eigenvalue weighted by atomic mass is 32.2. The van der Waals surface area contributed by atoms with E-state index in [0.29, 0.717) is 5.69 Å². The molecule has 2 rings (SSSR count). The lowest BCUT2D eigenvalue weighted by Gasteiger charge is -2.06. The van der Waals surface area contributed by atoms with E-state index >= 15 is 0 Å². The minimum Gasteiger partial charge on any atom is -0.384 e. The van der Waals surface area contributed by atoms with Gasteiger partial charge in [0.1, 0.15) is 10.7 Å². The number of hydrogen-bond donors (Lipinski definition) is 2. The van der Waals surface area contributed by atoms with Crippen LogP contribution in [0, 0.1) is 0 Å². The van der Waals surface area contributed by atoms with Crippen molar-refractivity contribution in [2.24, 2.45) is 0 Å². The summed E-state index contributed by atoms with van der Waals surface area (Å²) >= 11 is 0. The highest BCUT2D eigenvalue weighted by molar-refractivity contribution is 7.92. The molecular weight excluding hydrogens is 240 g/mol. The van der Waals surface area contributed by atoms with Crippen LogP contribution in [0.25, 0.3) is 0 Å². The zero-order chi connectivity index (χ0) is 12.3. The molecule has 17 heavy (non-hydrogen) atoms. The van der Waals surface area contributed by atoms with Crippen LogP contribution < -0.4 is 10.5 Å². The third-order valence-corrected chi connectivity index (χ3v) is 3.35. The van der Waals surface area contributed by atoms with Crippen molar-refractivity contribution >= 4 is 21.5 Å². The molecule has 88 valence electrons. The molecule has 2 aromatic rings. The van der Waals surface area contributed by atoms with Crippen LogP contribution in [0.5, 0.6) is 0 Å². The summed E-state index contributed by atoms with van der Waals surface area (Å²) in [6.45, 7) is 0. The van der Waals surface area contributed by atoms with Crippen LogP contribution in [0.1, 0.15) is 0 Å². The number of nitrogens with one attached hydrogen (secondary N) is 1. The Bertz CT molecular complexity index is 596. The first-order valence-corrected chi connectivity index (χ1v) is 6.20. The Morgan fingerprint density at radius 3 is 2.59 bits per heavy atom. The Morgan fingerprint density at radius 2 is 2.00 bits per heavy atom. The van der Waals surface area contributed by atoms with Crippen molar-refractivity contribution in [1.29, 1.82) is 0 Å². The predicted molar refractivity (Wildman–Crippen MR) is 63.7 cm³/mol. The van der Waals surface area contributed by atoms with Crippen LogP contribution in [0.3, 0.4) is 0 Å². The molecule has 0 saturated carbocycles. The van der Waals surface area contributed by atoms with Gasteiger partial charge in [-0.15, -0.1) is 0 Å². The monoisotopic (exact) mass is 250 g/mol. The lowest BCUT2D eigenvalue weighted by molar-refractivity contribution is 0.601. The van der Waals surface area contributed by atoms with Crippen LogP contribution in [-0.4, -0.2) is 18.4 Å². The molecule has 0 aliphatic heterocycles. The highest BCUT2D eigenvalue weighted by Gasteiger charge is 2.14. The second-order valence-corrected chi connectivity index (χ2v) is 4.95. The summed E-state index contributed by atoms with van der Waals surface area (Å²) < 4.78 is 26.2. The maximum absolute atomic E-state index is 11.9. The first-order chi connectivity index (χ1) is 8.08. The smallest absolute Gasteiger partial charge is 0.263 e. The molecular formula is C10H10N4O2S. The van der Waals surface area contributed by atoms with Crippen LogP contribution in [0.15, 0.2) is 47.8 Å². The molecule has 7 heteroatoms. The van der Waals surface area contributed by atoms with E-state index in [-0.39, 0.29) is 10.7 Å². The first-order valence-electron chi connectivity index (χ1n) is 4.72. The average Bonchev–Trinajstić information content (AvgIpc) is 2.30. The molecule has 0 amide bonds. The topological polar surface area (TPSA) is 98.0 Å². The maximum Gasteiger partial charge on any atom is 0.263 e. The van der Waals surface area contributed by atoms with Gasteiger partial charge in [0.25, 0.3) is 10.0 Å². The summed E-state index contributed by atoms with van der Waals surface area (Å²) in [5, 5.41) is 0. The molecule has 0 unspecified atom stereocenters. The summed E-state index contributed by atoms with van der Waals surface area (Å²) in [7, 11) is -3.64. The Kier molecular flexibility index (Phi) is 2.92. The van der Waals surface area contributed by atoms with Crippen molar-refractivity contribution in [3.63, 3.8) is 0 Å². The van der Waals surface area contributed by atoms with Crippen molar-refractivity contribution in [2.45, 2.75) is 4.90 Å². The van der Waals surface area contributed by atoms with E-state index in [0.717, 1.165) is 0 Å². The summed E-state index contributed by atoms with van der Waals surface area (Å²) in [5.41, 5.74) is 5.78. The molecule has 0 aliphatic carbocycles. The average molecular weight is 250 g/mol. The van der Waals surface area contributed by atoms with Crippen molar-refractivity contribution in [2.75, 3.05) is 10.5 Å². The molecule has 0 aromatic carbocycles. The minimum absolute atomic E-state index is 0.0514. The van der Waals surface area contributed by atoms with Crippen molar-refractivity contribution in [3.8, 4) is 0 Å². The van der Waals surface area contributed by atoms with Crippen molar-refractivity contribution < 1.29 is 8.42 Å². The molecule has 0 saturated heterocycles. The number of rotatable bonds is 3. The van der Waals surface area contributed by atoms with Gasteiger partial charge in [-0.25, -0.2) is 13.4 Å². The summed E-state index contributed by atoms with van der Waals surface area (Å²) in [6.07, 6.45) is 4.18. The molecule has 6 nitrogen and oxygen atoms in total. The van der Waals surface area contributed by atoms with Crippen LogP contribution in [0.2, 0.25) is 0 Å². The molecule has 0 atom stereocenters. The fraction of sp³-hybridized carbons (Fsp3) is 0. The largest absolute Gasteiger partial charge is 0.384 e. The van der Waals surface area contributed by atoms with Gasteiger partial charge in [-0.3, -0.25) is 9.71 Å². The standard InChI is InChI=1S/C10H10N4O2S/c11-10-4-3-9(7-13-10)17(15,16)14-8-2-1-5-12-6-8/h1-7,14H,(H2,11,13). The highest BCUT2D eigenvalue weighted by Crippen LogP contribution is 2.14. The number of aromatic nitrogens is 2. The molecule has 2 heterocycles. The number of nitrogens with zero attached hydrogens (tertiary/aromatic N) is 2. The van der Waals surface area contributed by atoms with E-state index in [9.17, 15) is 8.42 Å². The third-order valence-electron chi connectivity index (χ3n) is 1.98.